The van der Waals surface area contributed by atoms with Gasteiger partial charge < -0.3 is 15.8 Å². The van der Waals surface area contributed by atoms with Gasteiger partial charge in [-0.2, -0.15) is 0 Å². The number of anilines is 2. The van der Waals surface area contributed by atoms with Gasteiger partial charge in [-0.05, 0) is 30.9 Å². The molecule has 0 saturated heterocycles. The first kappa shape index (κ1) is 14.8. The molecule has 0 aromatic heterocycles. The first-order valence-corrected chi connectivity index (χ1v) is 5.98. The largest absolute Gasteiger partial charge is 0.397 e. The maximum Gasteiger partial charge on any atom is 0.226 e. The van der Waals surface area contributed by atoms with Crippen LogP contribution in [0.2, 0.25) is 0 Å². The Bertz CT molecular complexity index is 394. The van der Waals surface area contributed by atoms with Gasteiger partial charge in [0, 0.05) is 6.61 Å². The monoisotopic (exact) mass is 270 g/mol. The van der Waals surface area contributed by atoms with Crippen molar-refractivity contribution in [3.63, 3.8) is 0 Å². The number of nitrogen functional groups attached to an aromatic ring is 1. The van der Waals surface area contributed by atoms with Crippen LogP contribution >= 0.6 is 12.4 Å². The van der Waals surface area contributed by atoms with E-state index in [1.165, 1.54) is 12.8 Å². The van der Waals surface area contributed by atoms with E-state index in [0.717, 1.165) is 12.5 Å². The summed E-state index contributed by atoms with van der Waals surface area (Å²) in [5.41, 5.74) is 6.98. The van der Waals surface area contributed by atoms with Crippen molar-refractivity contribution >= 4 is 29.7 Å². The van der Waals surface area contributed by atoms with Crippen molar-refractivity contribution in [2.45, 2.75) is 19.3 Å². The molecule has 0 spiro atoms. The van der Waals surface area contributed by atoms with Gasteiger partial charge >= 0.3 is 0 Å². The second-order valence-corrected chi connectivity index (χ2v) is 4.40. The molecule has 1 aliphatic carbocycles. The third-order valence-electron chi connectivity index (χ3n) is 2.76. The molecule has 0 unspecified atom stereocenters. The number of halogens is 1. The van der Waals surface area contributed by atoms with Gasteiger partial charge in [0.1, 0.15) is 0 Å². The molecule has 5 heteroatoms. The number of carbonyl (C=O) groups excluding carboxylic acids is 1. The predicted molar refractivity (Wildman–Crippen MR) is 74.9 cm³/mol. The zero-order chi connectivity index (χ0) is 12.1. The summed E-state index contributed by atoms with van der Waals surface area (Å²) < 4.78 is 5.40. The average molecular weight is 271 g/mol. The molecule has 1 aliphatic rings. The summed E-state index contributed by atoms with van der Waals surface area (Å²) in [5.74, 6) is 0.682. The number of para-hydroxylation sites is 2. The maximum atomic E-state index is 11.6. The summed E-state index contributed by atoms with van der Waals surface area (Å²) in [4.78, 5) is 11.6. The molecule has 0 bridgehead atoms. The minimum atomic E-state index is -0.0568. The van der Waals surface area contributed by atoms with E-state index in [4.69, 9.17) is 10.5 Å². The molecule has 0 heterocycles. The van der Waals surface area contributed by atoms with E-state index in [0.29, 0.717) is 24.4 Å². The molecular weight excluding hydrogens is 252 g/mol. The summed E-state index contributed by atoms with van der Waals surface area (Å²) in [6.45, 7) is 1.27. The van der Waals surface area contributed by atoms with E-state index < -0.39 is 0 Å². The van der Waals surface area contributed by atoms with Crippen molar-refractivity contribution in [2.75, 3.05) is 24.3 Å². The average Bonchev–Trinajstić information content (AvgIpc) is 3.12. The van der Waals surface area contributed by atoms with Crippen molar-refractivity contribution in [1.29, 1.82) is 0 Å². The van der Waals surface area contributed by atoms with E-state index in [-0.39, 0.29) is 18.3 Å². The zero-order valence-corrected chi connectivity index (χ0v) is 11.0. The van der Waals surface area contributed by atoms with Crippen molar-refractivity contribution in [3.8, 4) is 0 Å². The number of carbonyl (C=O) groups is 1. The van der Waals surface area contributed by atoms with Gasteiger partial charge in [-0.25, -0.2) is 0 Å². The van der Waals surface area contributed by atoms with E-state index in [2.05, 4.69) is 5.32 Å². The standard InChI is InChI=1S/C13H18N2O2.ClH/c14-11-3-1-2-4-12(11)15-13(16)7-8-17-9-10-5-6-10;/h1-4,10H,5-9,14H2,(H,15,16);1H. The minimum absolute atomic E-state index is 0. The van der Waals surface area contributed by atoms with Crippen molar-refractivity contribution in [3.05, 3.63) is 24.3 Å². The van der Waals surface area contributed by atoms with E-state index in [1.807, 2.05) is 12.1 Å². The molecule has 1 saturated carbocycles. The molecule has 1 fully saturated rings. The van der Waals surface area contributed by atoms with Crippen molar-refractivity contribution in [2.24, 2.45) is 5.92 Å². The Morgan fingerprint density at radius 1 is 1.39 bits per heavy atom. The molecule has 4 nitrogen and oxygen atoms in total. The quantitative estimate of drug-likeness (QED) is 0.616. The Kier molecular flexibility index (Phi) is 5.95. The number of benzene rings is 1. The van der Waals surface area contributed by atoms with Gasteiger partial charge in [-0.1, -0.05) is 12.1 Å². The lowest BCUT2D eigenvalue weighted by molar-refractivity contribution is -0.117. The summed E-state index contributed by atoms with van der Waals surface area (Å²) in [6.07, 6.45) is 2.92. The fourth-order valence-electron chi connectivity index (χ4n) is 1.52. The number of hydrogen-bond acceptors (Lipinski definition) is 3. The lowest BCUT2D eigenvalue weighted by Gasteiger charge is -2.07. The van der Waals surface area contributed by atoms with Gasteiger partial charge in [0.2, 0.25) is 5.91 Å². The summed E-state index contributed by atoms with van der Waals surface area (Å²) in [5, 5.41) is 2.77. The predicted octanol–water partition coefficient (Wildman–Crippen LogP) is 2.45. The maximum absolute atomic E-state index is 11.6. The second kappa shape index (κ2) is 7.24. The lowest BCUT2D eigenvalue weighted by atomic mass is 10.2. The lowest BCUT2D eigenvalue weighted by Crippen LogP contribution is -2.15. The van der Waals surface area contributed by atoms with Crippen LogP contribution < -0.4 is 11.1 Å². The van der Waals surface area contributed by atoms with Crippen LogP contribution in [0, 0.1) is 5.92 Å². The molecule has 18 heavy (non-hydrogen) atoms. The van der Waals surface area contributed by atoms with Crippen molar-refractivity contribution < 1.29 is 9.53 Å². The Labute approximate surface area is 113 Å². The number of ether oxygens (including phenoxy) is 1. The highest BCUT2D eigenvalue weighted by molar-refractivity contribution is 5.93. The molecule has 0 atom stereocenters. The first-order chi connectivity index (χ1) is 8.25. The highest BCUT2D eigenvalue weighted by atomic mass is 35.5. The highest BCUT2D eigenvalue weighted by Gasteiger charge is 2.21. The second-order valence-electron chi connectivity index (χ2n) is 4.40. The van der Waals surface area contributed by atoms with Gasteiger partial charge in [0.15, 0.2) is 0 Å². The van der Waals surface area contributed by atoms with Gasteiger partial charge in [0.05, 0.1) is 24.4 Å². The first-order valence-electron chi connectivity index (χ1n) is 5.98. The molecule has 2 rings (SSSR count). The number of nitrogens with two attached hydrogens (primary N) is 1. The van der Waals surface area contributed by atoms with Crippen LogP contribution in [0.5, 0.6) is 0 Å². The Morgan fingerprint density at radius 3 is 2.78 bits per heavy atom. The molecule has 3 N–H and O–H groups in total. The Morgan fingerprint density at radius 2 is 2.11 bits per heavy atom. The molecular formula is C13H19ClN2O2. The van der Waals surface area contributed by atoms with Crippen LogP contribution in [0.15, 0.2) is 24.3 Å². The van der Waals surface area contributed by atoms with Gasteiger partial charge in [-0.15, -0.1) is 12.4 Å². The summed E-state index contributed by atoms with van der Waals surface area (Å²) in [7, 11) is 0. The normalized spacial score (nSPS) is 13.8. The van der Waals surface area contributed by atoms with Gasteiger partial charge in [0.25, 0.3) is 0 Å². The molecule has 1 aromatic rings. The molecule has 0 radical (unpaired) electrons. The smallest absolute Gasteiger partial charge is 0.226 e. The number of rotatable bonds is 6. The molecule has 1 amide bonds. The van der Waals surface area contributed by atoms with E-state index in [1.54, 1.807) is 12.1 Å². The van der Waals surface area contributed by atoms with Crippen LogP contribution in [0.3, 0.4) is 0 Å². The van der Waals surface area contributed by atoms with Crippen LogP contribution in [0.25, 0.3) is 0 Å². The summed E-state index contributed by atoms with van der Waals surface area (Å²) in [6, 6.07) is 7.23. The van der Waals surface area contributed by atoms with Crippen LogP contribution in [0.4, 0.5) is 11.4 Å². The van der Waals surface area contributed by atoms with Crippen LogP contribution in [-0.4, -0.2) is 19.1 Å². The summed E-state index contributed by atoms with van der Waals surface area (Å²) >= 11 is 0. The number of amides is 1. The third-order valence-corrected chi connectivity index (χ3v) is 2.76. The van der Waals surface area contributed by atoms with Gasteiger partial charge in [-0.3, -0.25) is 4.79 Å². The fraction of sp³-hybridized carbons (Fsp3) is 0.462. The van der Waals surface area contributed by atoms with Crippen LogP contribution in [-0.2, 0) is 9.53 Å². The minimum Gasteiger partial charge on any atom is -0.397 e. The third kappa shape index (κ3) is 4.94. The Balaban J connectivity index is 0.00000162. The zero-order valence-electron chi connectivity index (χ0n) is 10.2. The number of nitrogens with one attached hydrogen (secondary N) is 1. The molecule has 0 aliphatic heterocycles. The van der Waals surface area contributed by atoms with E-state index >= 15 is 0 Å². The van der Waals surface area contributed by atoms with Crippen molar-refractivity contribution in [1.82, 2.24) is 0 Å². The topological polar surface area (TPSA) is 64.3 Å². The molecule has 1 aromatic carbocycles. The van der Waals surface area contributed by atoms with E-state index in [9.17, 15) is 4.79 Å². The number of hydrogen-bond donors (Lipinski definition) is 2. The highest BCUT2D eigenvalue weighted by Crippen LogP contribution is 2.28. The Hall–Kier alpha value is -1.26. The molecule has 100 valence electrons. The fourth-order valence-corrected chi connectivity index (χ4v) is 1.52. The van der Waals surface area contributed by atoms with Crippen LogP contribution in [0.1, 0.15) is 19.3 Å². The SMILES string of the molecule is Cl.Nc1ccccc1NC(=O)CCOCC1CC1.